The molecular formula is C48H66CaN4O6S2. The smallest absolute Gasteiger partial charge is 0.731 e. The van der Waals surface area contributed by atoms with Gasteiger partial charge in [-0.15, -0.1) is 0 Å². The average molecular weight is 899 g/mol. The minimum absolute atomic E-state index is 0. The molecule has 0 amide bonds. The number of unbranched alkanes of at least 4 members (excludes halogenated alkanes) is 14. The Labute approximate surface area is 397 Å². The van der Waals surface area contributed by atoms with Crippen molar-refractivity contribution in [2.24, 2.45) is 0 Å². The Balaban J connectivity index is 0.000000264. The Hall–Kier alpha value is -2.84. The molecule has 2 atom stereocenters. The first-order chi connectivity index (χ1) is 29.0. The predicted molar refractivity (Wildman–Crippen MR) is 250 cm³/mol. The van der Waals surface area contributed by atoms with Gasteiger partial charge in [0.1, 0.15) is 12.3 Å². The van der Waals surface area contributed by atoms with E-state index >= 15 is 0 Å². The maximum atomic E-state index is 12.2. The second-order valence-electron chi connectivity index (χ2n) is 16.2. The molecule has 0 N–H and O–H groups in total. The van der Waals surface area contributed by atoms with Crippen LogP contribution in [-0.2, 0) is 33.7 Å². The normalized spacial score (nSPS) is 15.9. The molecule has 0 radical (unpaired) electrons. The Morgan fingerprint density at radius 3 is 1.00 bits per heavy atom. The number of rotatable bonds is 24. The molecule has 4 aromatic carbocycles. The van der Waals surface area contributed by atoms with E-state index in [0.717, 1.165) is 69.6 Å². The van der Waals surface area contributed by atoms with E-state index in [-0.39, 0.29) is 37.7 Å². The van der Waals surface area contributed by atoms with Crippen LogP contribution in [0.4, 0.5) is 22.7 Å². The van der Waals surface area contributed by atoms with Gasteiger partial charge in [-0.05, 0) is 61.1 Å². The van der Waals surface area contributed by atoms with Gasteiger partial charge in [-0.1, -0.05) is 189 Å². The monoisotopic (exact) mass is 898 g/mol. The van der Waals surface area contributed by atoms with Crippen LogP contribution < -0.4 is 18.4 Å². The molecule has 2 heterocycles. The summed E-state index contributed by atoms with van der Waals surface area (Å²) in [6, 6.07) is 34.6. The summed E-state index contributed by atoms with van der Waals surface area (Å²) in [5.41, 5.74) is 4.80. The van der Waals surface area contributed by atoms with Gasteiger partial charge in [-0.3, -0.25) is 8.61 Å². The van der Waals surface area contributed by atoms with Crippen molar-refractivity contribution in [2.75, 3.05) is 18.4 Å². The third kappa shape index (κ3) is 15.1. The number of fused-ring (bicyclic) bond motifs is 2. The van der Waals surface area contributed by atoms with Crippen molar-refractivity contribution in [3.8, 4) is 0 Å². The topological polar surface area (TPSA) is 127 Å². The van der Waals surface area contributed by atoms with Gasteiger partial charge in [-0.25, -0.2) is 16.8 Å². The summed E-state index contributed by atoms with van der Waals surface area (Å²) in [6.07, 6.45) is 19.3. The first-order valence-electron chi connectivity index (χ1n) is 22.3. The molecule has 0 bridgehead atoms. The summed E-state index contributed by atoms with van der Waals surface area (Å²) >= 11 is 0. The number of benzene rings is 4. The summed E-state index contributed by atoms with van der Waals surface area (Å²) in [5.74, 6) is 0. The molecule has 2 aliphatic rings. The van der Waals surface area contributed by atoms with E-state index in [0.29, 0.717) is 37.3 Å². The van der Waals surface area contributed by atoms with Crippen LogP contribution in [0.15, 0.2) is 109 Å². The van der Waals surface area contributed by atoms with Gasteiger partial charge in [0.05, 0.1) is 22.7 Å². The minimum Gasteiger partial charge on any atom is -0.731 e. The number of anilines is 4. The Kier molecular flexibility index (Phi) is 21.7. The molecule has 13 heteroatoms. The molecule has 6 rings (SSSR count). The van der Waals surface area contributed by atoms with E-state index in [4.69, 9.17) is 0 Å². The van der Waals surface area contributed by atoms with Gasteiger partial charge in [0.15, 0.2) is 20.6 Å². The van der Waals surface area contributed by atoms with Crippen LogP contribution in [0, 0.1) is 0 Å². The van der Waals surface area contributed by atoms with Crippen molar-refractivity contribution >= 4 is 81.1 Å². The van der Waals surface area contributed by atoms with Crippen molar-refractivity contribution in [2.45, 2.75) is 155 Å². The molecule has 2 aliphatic heterocycles. The van der Waals surface area contributed by atoms with Crippen LogP contribution in [0.3, 0.4) is 0 Å². The molecule has 0 saturated heterocycles. The summed E-state index contributed by atoms with van der Waals surface area (Å²) in [6.45, 7) is 5.59. The Bertz CT molecular complexity index is 1930. The van der Waals surface area contributed by atoms with Crippen molar-refractivity contribution in [3.63, 3.8) is 0 Å². The fourth-order valence-corrected chi connectivity index (χ4v) is 10.5. The molecule has 2 unspecified atom stereocenters. The third-order valence-electron chi connectivity index (χ3n) is 11.6. The molecule has 0 fully saturated rings. The van der Waals surface area contributed by atoms with E-state index < -0.39 is 32.9 Å². The summed E-state index contributed by atoms with van der Waals surface area (Å²) < 4.78 is 75.3. The quantitative estimate of drug-likeness (QED) is 0.0386. The molecule has 0 saturated carbocycles. The molecule has 61 heavy (non-hydrogen) atoms. The molecule has 10 nitrogen and oxygen atoms in total. The van der Waals surface area contributed by atoms with E-state index in [1.165, 1.54) is 64.2 Å². The van der Waals surface area contributed by atoms with E-state index in [2.05, 4.69) is 23.6 Å². The Morgan fingerprint density at radius 1 is 0.410 bits per heavy atom. The van der Waals surface area contributed by atoms with Gasteiger partial charge in [-0.2, -0.15) is 0 Å². The molecular weight excluding hydrogens is 833 g/mol. The van der Waals surface area contributed by atoms with Gasteiger partial charge in [0, 0.05) is 13.1 Å². The molecule has 0 aliphatic carbocycles. The number of hydrogen-bond acceptors (Lipinski definition) is 8. The molecule has 0 aromatic heterocycles. The first-order valence-corrected chi connectivity index (χ1v) is 25.1. The second-order valence-corrected chi connectivity index (χ2v) is 18.7. The van der Waals surface area contributed by atoms with Crippen molar-refractivity contribution < 1.29 is 25.9 Å². The largest absolute Gasteiger partial charge is 2.00 e. The SMILES string of the molecule is CCCCCCCCCCC1N(Cc2ccccc2)c2ccccc2N1S(=O)(=O)[O-].CCCCCCCCCCC1N(Cc2ccccc2)c2ccccc2N1S(=O)(=O)[O-].[Ca+2]. The zero-order chi connectivity index (χ0) is 42.8. The zero-order valence-corrected chi connectivity index (χ0v) is 40.3. The number of para-hydroxylation sites is 4. The standard InChI is InChI=1S/2C24H34N2O3S.Ca/c2*1-2-3-4-5-6-7-8-12-19-24-25(20-21-15-10-9-11-16-21)22-17-13-14-18-23(22)26(24)30(27,28)29;/h2*9-11,13-18,24H,2-8,12,19-20H2,1H3,(H,27,28,29);/q;;+2/p-2. The minimum atomic E-state index is -4.61. The Morgan fingerprint density at radius 2 is 0.689 bits per heavy atom. The van der Waals surface area contributed by atoms with Crippen molar-refractivity contribution in [1.29, 1.82) is 0 Å². The van der Waals surface area contributed by atoms with Crippen LogP contribution in [0.5, 0.6) is 0 Å². The molecule has 0 spiro atoms. The predicted octanol–water partition coefficient (Wildman–Crippen LogP) is 11.3. The van der Waals surface area contributed by atoms with Gasteiger partial charge < -0.3 is 18.9 Å². The maximum absolute atomic E-state index is 12.2. The maximum Gasteiger partial charge on any atom is 2.00 e. The van der Waals surface area contributed by atoms with Crippen molar-refractivity contribution in [1.82, 2.24) is 0 Å². The van der Waals surface area contributed by atoms with Gasteiger partial charge in [0.2, 0.25) is 0 Å². The van der Waals surface area contributed by atoms with E-state index in [1.807, 2.05) is 84.9 Å². The van der Waals surface area contributed by atoms with E-state index in [9.17, 15) is 25.9 Å². The van der Waals surface area contributed by atoms with Gasteiger partial charge in [0.25, 0.3) is 0 Å². The summed E-state index contributed by atoms with van der Waals surface area (Å²) in [5, 5.41) is 0. The average Bonchev–Trinajstić information content (AvgIpc) is 3.73. The number of hydrogen-bond donors (Lipinski definition) is 0. The van der Waals surface area contributed by atoms with Crippen LogP contribution in [-0.4, -0.2) is 76.0 Å². The fraction of sp³-hybridized carbons (Fsp3) is 0.500. The van der Waals surface area contributed by atoms with Crippen LogP contribution >= 0.6 is 0 Å². The number of nitrogens with zero attached hydrogens (tertiary/aromatic N) is 4. The first kappa shape index (κ1) is 50.8. The van der Waals surface area contributed by atoms with E-state index in [1.54, 1.807) is 24.3 Å². The zero-order valence-electron chi connectivity index (χ0n) is 36.5. The second kappa shape index (κ2) is 26.1. The van der Waals surface area contributed by atoms with Crippen LogP contribution in [0.2, 0.25) is 0 Å². The fourth-order valence-electron chi connectivity index (χ4n) is 8.63. The molecule has 4 aromatic rings. The van der Waals surface area contributed by atoms with Crippen LogP contribution in [0.25, 0.3) is 0 Å². The third-order valence-corrected chi connectivity index (χ3v) is 13.5. The van der Waals surface area contributed by atoms with Crippen LogP contribution in [0.1, 0.15) is 141 Å². The summed E-state index contributed by atoms with van der Waals surface area (Å²) in [4.78, 5) is 4.14. The van der Waals surface area contributed by atoms with Crippen molar-refractivity contribution in [3.05, 3.63) is 120 Å². The summed E-state index contributed by atoms with van der Waals surface area (Å²) in [7, 11) is -9.21. The molecule has 328 valence electrons. The van der Waals surface area contributed by atoms with Gasteiger partial charge >= 0.3 is 37.7 Å².